The number of rotatable bonds is 6. The molecular weight excluding hydrogens is 731 g/mol. The summed E-state index contributed by atoms with van der Waals surface area (Å²) in [6.45, 7) is 10.6. The van der Waals surface area contributed by atoms with Crippen LogP contribution in [-0.2, 0) is 7.05 Å². The highest BCUT2D eigenvalue weighted by Gasteiger charge is 2.43. The zero-order valence-electron chi connectivity index (χ0n) is 34.9. The van der Waals surface area contributed by atoms with Gasteiger partial charge in [0.15, 0.2) is 0 Å². The van der Waals surface area contributed by atoms with Crippen LogP contribution in [0.4, 0.5) is 17.1 Å². The summed E-state index contributed by atoms with van der Waals surface area (Å²) in [5.74, 6) is 3.35. The highest BCUT2D eigenvalue weighted by atomic mass is 16.5. The smallest absolute Gasteiger partial charge is 0.260 e. The minimum absolute atomic E-state index is 0.0455. The fraction of sp³-hybridized carbons (Fsp3) is 0.127. The van der Waals surface area contributed by atoms with Gasteiger partial charge in [-0.2, -0.15) is 0 Å². The molecule has 0 atom stereocenters. The molecule has 0 fully saturated rings. The van der Waals surface area contributed by atoms with E-state index in [9.17, 15) is 0 Å². The topological polar surface area (TPSA) is 26.6 Å². The predicted octanol–water partition coefficient (Wildman–Crippen LogP) is 12.3. The van der Waals surface area contributed by atoms with Gasteiger partial charge in [-0.15, -0.1) is 0 Å². The molecule has 60 heavy (non-hydrogen) atoms. The second-order valence-corrected chi connectivity index (χ2v) is 17.0. The van der Waals surface area contributed by atoms with Gasteiger partial charge in [-0.1, -0.05) is 131 Å². The first-order chi connectivity index (χ1) is 29.2. The summed E-state index contributed by atoms with van der Waals surface area (Å²) >= 11 is 0. The highest BCUT2D eigenvalue weighted by molar-refractivity contribution is 6.98. The quantitative estimate of drug-likeness (QED) is 0.124. The molecule has 2 aliphatic rings. The maximum Gasteiger partial charge on any atom is 0.260 e. The molecule has 0 aliphatic carbocycles. The molecule has 0 saturated heterocycles. The first kappa shape index (κ1) is 36.1. The Bertz CT molecular complexity index is 3050. The van der Waals surface area contributed by atoms with E-state index in [0.717, 1.165) is 72.9 Å². The predicted molar refractivity (Wildman–Crippen MR) is 250 cm³/mol. The van der Waals surface area contributed by atoms with Crippen molar-refractivity contribution in [3.63, 3.8) is 0 Å². The van der Waals surface area contributed by atoms with Crippen LogP contribution >= 0.6 is 0 Å². The van der Waals surface area contributed by atoms with Crippen molar-refractivity contribution in [2.24, 2.45) is 7.05 Å². The molecule has 5 heteroatoms. The summed E-state index contributed by atoms with van der Waals surface area (Å²) in [5.41, 5.74) is 18.5. The van der Waals surface area contributed by atoms with Gasteiger partial charge in [0.1, 0.15) is 23.0 Å². The SMILES string of the molecule is Cc1ccc(C(c2ccc(C)cc2)c2cc3c4c(c2)Oc2c(cc5c(c2N(c2ccc(C)cc2)c2ccc(C)cc2)c2ccccc2n5C)B4c2cc(C)ccc2O3)cc1. The van der Waals surface area contributed by atoms with Gasteiger partial charge in [0.05, 0.1) is 11.2 Å². The molecule has 3 heterocycles. The second-order valence-electron chi connectivity index (χ2n) is 17.0. The number of para-hydroxylation sites is 1. The number of aryl methyl sites for hydroxylation is 6. The maximum atomic E-state index is 7.61. The monoisotopic (exact) mass is 776 g/mol. The van der Waals surface area contributed by atoms with Crippen molar-refractivity contribution in [2.45, 2.75) is 40.5 Å². The number of hydrogen-bond acceptors (Lipinski definition) is 3. The molecule has 0 unspecified atom stereocenters. The van der Waals surface area contributed by atoms with Crippen LogP contribution in [0.3, 0.4) is 0 Å². The van der Waals surface area contributed by atoms with Crippen molar-refractivity contribution in [1.82, 2.24) is 4.57 Å². The normalized spacial score (nSPS) is 12.6. The van der Waals surface area contributed by atoms with Crippen LogP contribution in [-0.4, -0.2) is 11.3 Å². The molecule has 11 rings (SSSR count). The zero-order chi connectivity index (χ0) is 40.8. The maximum absolute atomic E-state index is 7.61. The number of fused-ring (bicyclic) bond motifs is 7. The van der Waals surface area contributed by atoms with E-state index in [1.807, 2.05) is 0 Å². The molecule has 0 radical (unpaired) electrons. The van der Waals surface area contributed by atoms with Gasteiger partial charge in [-0.05, 0) is 117 Å². The fourth-order valence-electron chi connectivity index (χ4n) is 9.65. The summed E-state index contributed by atoms with van der Waals surface area (Å²) in [5, 5.41) is 2.34. The molecule has 0 bridgehead atoms. The lowest BCUT2D eigenvalue weighted by Gasteiger charge is -2.37. The molecular formula is C55H45BN2O2. The number of nitrogens with zero attached hydrogens (tertiary/aromatic N) is 2. The summed E-state index contributed by atoms with van der Waals surface area (Å²) in [7, 11) is 2.19. The Hall–Kier alpha value is -6.98. The summed E-state index contributed by atoms with van der Waals surface area (Å²) in [4.78, 5) is 2.42. The van der Waals surface area contributed by atoms with E-state index >= 15 is 0 Å². The van der Waals surface area contributed by atoms with Gasteiger partial charge in [0.2, 0.25) is 0 Å². The molecule has 9 aromatic rings. The van der Waals surface area contributed by atoms with Gasteiger partial charge in [0.25, 0.3) is 6.71 Å². The van der Waals surface area contributed by atoms with Crippen LogP contribution in [0.2, 0.25) is 0 Å². The number of hydrogen-bond donors (Lipinski definition) is 0. The van der Waals surface area contributed by atoms with Gasteiger partial charge < -0.3 is 18.9 Å². The Morgan fingerprint density at radius 1 is 0.483 bits per heavy atom. The average molecular weight is 777 g/mol. The van der Waals surface area contributed by atoms with Crippen molar-refractivity contribution in [3.8, 4) is 23.0 Å². The molecule has 0 spiro atoms. The van der Waals surface area contributed by atoms with Crippen molar-refractivity contribution in [2.75, 3.05) is 4.90 Å². The Morgan fingerprint density at radius 3 is 1.62 bits per heavy atom. The molecule has 290 valence electrons. The lowest BCUT2D eigenvalue weighted by Crippen LogP contribution is -2.57. The highest BCUT2D eigenvalue weighted by Crippen LogP contribution is 2.51. The van der Waals surface area contributed by atoms with Crippen LogP contribution in [0, 0.1) is 34.6 Å². The van der Waals surface area contributed by atoms with Gasteiger partial charge >= 0.3 is 0 Å². The van der Waals surface area contributed by atoms with Crippen molar-refractivity contribution in [1.29, 1.82) is 0 Å². The summed E-state index contributed by atoms with van der Waals surface area (Å²) in [6, 6.07) is 58.0. The lowest BCUT2D eigenvalue weighted by molar-refractivity contribution is 0.464. The van der Waals surface area contributed by atoms with Crippen LogP contribution in [0.5, 0.6) is 23.0 Å². The van der Waals surface area contributed by atoms with Gasteiger partial charge in [0, 0.05) is 46.1 Å². The Balaban J connectivity index is 1.25. The van der Waals surface area contributed by atoms with Crippen molar-refractivity contribution >= 4 is 62.0 Å². The van der Waals surface area contributed by atoms with Gasteiger partial charge in [-0.3, -0.25) is 0 Å². The number of aromatic nitrogens is 1. The van der Waals surface area contributed by atoms with E-state index in [4.69, 9.17) is 9.47 Å². The van der Waals surface area contributed by atoms with E-state index in [2.05, 4.69) is 209 Å². The molecule has 4 nitrogen and oxygen atoms in total. The minimum Gasteiger partial charge on any atom is -0.458 e. The lowest BCUT2D eigenvalue weighted by atomic mass is 9.34. The Labute approximate surface area is 352 Å². The Kier molecular flexibility index (Phi) is 8.32. The largest absolute Gasteiger partial charge is 0.458 e. The average Bonchev–Trinajstić information content (AvgIpc) is 3.54. The third-order valence-electron chi connectivity index (χ3n) is 12.8. The van der Waals surface area contributed by atoms with Crippen molar-refractivity contribution in [3.05, 3.63) is 202 Å². The van der Waals surface area contributed by atoms with Crippen LogP contribution < -0.4 is 30.8 Å². The zero-order valence-corrected chi connectivity index (χ0v) is 34.9. The summed E-state index contributed by atoms with van der Waals surface area (Å²) in [6.07, 6.45) is 0. The van der Waals surface area contributed by atoms with Crippen molar-refractivity contribution < 1.29 is 9.47 Å². The molecule has 0 amide bonds. The van der Waals surface area contributed by atoms with E-state index in [0.29, 0.717) is 0 Å². The fourth-order valence-corrected chi connectivity index (χ4v) is 9.65. The molecule has 2 aliphatic heterocycles. The Morgan fingerprint density at radius 2 is 1.02 bits per heavy atom. The van der Waals surface area contributed by atoms with E-state index in [1.54, 1.807) is 0 Å². The van der Waals surface area contributed by atoms with E-state index in [1.165, 1.54) is 49.8 Å². The first-order valence-electron chi connectivity index (χ1n) is 20.9. The third-order valence-corrected chi connectivity index (χ3v) is 12.8. The molecule has 8 aromatic carbocycles. The van der Waals surface area contributed by atoms with Crippen LogP contribution in [0.15, 0.2) is 158 Å². The minimum atomic E-state index is -0.132. The molecule has 0 N–H and O–H groups in total. The molecule has 1 aromatic heterocycles. The molecule has 0 saturated carbocycles. The number of ether oxygens (including phenoxy) is 2. The third kappa shape index (κ3) is 5.75. The second kappa shape index (κ2) is 13.8. The number of anilines is 3. The van der Waals surface area contributed by atoms with E-state index < -0.39 is 0 Å². The summed E-state index contributed by atoms with van der Waals surface area (Å²) < 4.78 is 17.0. The van der Waals surface area contributed by atoms with Gasteiger partial charge in [-0.25, -0.2) is 0 Å². The van der Waals surface area contributed by atoms with Crippen LogP contribution in [0.1, 0.15) is 50.4 Å². The first-order valence-corrected chi connectivity index (χ1v) is 20.9. The van der Waals surface area contributed by atoms with E-state index in [-0.39, 0.29) is 12.6 Å². The standard InChI is InChI=1S/C55H45BN2O2/c1-33-11-20-38(21-12-33)51(39-22-13-34(2)14-23-39)40-30-49-53-50(31-40)60-55-45(56(53)44-29-37(5)19-28-48(44)59-49)32-47-52(43-9-7-8-10-46(43)57(47)6)54(55)58(41-24-15-35(3)16-25-41)42-26-17-36(4)18-27-42/h7-32,51H,1-6H3. The number of benzene rings is 8. The van der Waals surface area contributed by atoms with Crippen LogP contribution in [0.25, 0.3) is 21.8 Å².